The van der Waals surface area contributed by atoms with Crippen LogP contribution in [0.15, 0.2) is 0 Å². The molecule has 7 heteroatoms. The summed E-state index contributed by atoms with van der Waals surface area (Å²) in [7, 11) is 0. The van der Waals surface area contributed by atoms with Gasteiger partial charge in [0.1, 0.15) is 12.1 Å². The second kappa shape index (κ2) is 6.47. The molecule has 0 fully saturated rings. The zero-order valence-electron chi connectivity index (χ0n) is 13.2. The van der Waals surface area contributed by atoms with Crippen LogP contribution in [0.1, 0.15) is 38.6 Å². The summed E-state index contributed by atoms with van der Waals surface area (Å²) in [6, 6.07) is 0. The maximum Gasteiger partial charge on any atom is 0.242 e. The lowest BCUT2D eigenvalue weighted by Crippen LogP contribution is -2.56. The van der Waals surface area contributed by atoms with Gasteiger partial charge in [0.2, 0.25) is 11.8 Å². The molecule has 118 valence electrons. The number of carbonyl (C=O) groups is 2. The van der Waals surface area contributed by atoms with E-state index in [9.17, 15) is 9.59 Å². The Balaban J connectivity index is 2.84. The highest BCUT2D eigenvalue weighted by molar-refractivity contribution is 6.31. The molecule has 6 nitrogen and oxygen atoms in total. The van der Waals surface area contributed by atoms with E-state index < -0.39 is 11.4 Å². The number of hydrogen-bond acceptors (Lipinski definition) is 3. The Morgan fingerprint density at radius 2 is 2.00 bits per heavy atom. The third-order valence-electron chi connectivity index (χ3n) is 3.36. The summed E-state index contributed by atoms with van der Waals surface area (Å²) in [5.41, 5.74) is 5.74. The molecule has 1 aromatic rings. The van der Waals surface area contributed by atoms with Crippen LogP contribution in [0.3, 0.4) is 0 Å². The van der Waals surface area contributed by atoms with E-state index in [0.717, 1.165) is 0 Å². The van der Waals surface area contributed by atoms with Crippen molar-refractivity contribution in [3.8, 4) is 0 Å². The van der Waals surface area contributed by atoms with Crippen molar-refractivity contribution in [2.24, 2.45) is 11.7 Å². The maximum atomic E-state index is 12.2. The Bertz CT molecular complexity index is 553. The molecule has 0 radical (unpaired) electrons. The summed E-state index contributed by atoms with van der Waals surface area (Å²) >= 11 is 6.05. The number of primary amides is 1. The summed E-state index contributed by atoms with van der Waals surface area (Å²) in [6.07, 6.45) is 0.478. The molecule has 1 rings (SSSR count). The summed E-state index contributed by atoms with van der Waals surface area (Å²) in [6.45, 7) is 9.14. The lowest BCUT2D eigenvalue weighted by molar-refractivity contribution is -0.132. The van der Waals surface area contributed by atoms with Crippen LogP contribution >= 0.6 is 11.6 Å². The highest BCUT2D eigenvalue weighted by Gasteiger charge is 2.33. The van der Waals surface area contributed by atoms with Crippen LogP contribution in [0.25, 0.3) is 0 Å². The van der Waals surface area contributed by atoms with Crippen molar-refractivity contribution in [1.82, 2.24) is 15.1 Å². The molecule has 3 N–H and O–H groups in total. The minimum atomic E-state index is -1.06. The van der Waals surface area contributed by atoms with Crippen LogP contribution in [0, 0.1) is 19.8 Å². The largest absolute Gasteiger partial charge is 0.368 e. The van der Waals surface area contributed by atoms with Crippen LogP contribution in [0.2, 0.25) is 5.02 Å². The van der Waals surface area contributed by atoms with Crippen LogP contribution in [-0.2, 0) is 16.1 Å². The first kappa shape index (κ1) is 17.5. The van der Waals surface area contributed by atoms with Gasteiger partial charge >= 0.3 is 0 Å². The molecule has 0 saturated carbocycles. The third-order valence-corrected chi connectivity index (χ3v) is 3.91. The standard InChI is InChI=1S/C14H23ClN4O2/c1-8(2)6-14(5,13(16)21)17-11(20)7-19-10(4)12(15)9(3)18-19/h8H,6-7H2,1-5H3,(H2,16,21)(H,17,20)/t14-/m0/s1. The van der Waals surface area contributed by atoms with Crippen molar-refractivity contribution in [2.45, 2.75) is 53.1 Å². The molecular weight excluding hydrogens is 292 g/mol. The number of nitrogens with two attached hydrogens (primary N) is 1. The summed E-state index contributed by atoms with van der Waals surface area (Å²) in [5.74, 6) is -0.638. The number of amides is 2. The molecular formula is C14H23ClN4O2. The van der Waals surface area contributed by atoms with E-state index in [1.54, 1.807) is 20.8 Å². The molecule has 2 amide bonds. The van der Waals surface area contributed by atoms with Gasteiger partial charge in [0.05, 0.1) is 16.4 Å². The number of nitrogens with zero attached hydrogens (tertiary/aromatic N) is 2. The van der Waals surface area contributed by atoms with Crippen molar-refractivity contribution in [2.75, 3.05) is 0 Å². The number of aryl methyl sites for hydroxylation is 1. The summed E-state index contributed by atoms with van der Waals surface area (Å²) < 4.78 is 1.52. The molecule has 0 spiro atoms. The molecule has 1 heterocycles. The topological polar surface area (TPSA) is 90.0 Å². The van der Waals surface area contributed by atoms with E-state index in [-0.39, 0.29) is 18.4 Å². The van der Waals surface area contributed by atoms with E-state index in [2.05, 4.69) is 10.4 Å². The van der Waals surface area contributed by atoms with Crippen molar-refractivity contribution < 1.29 is 9.59 Å². The van der Waals surface area contributed by atoms with Crippen molar-refractivity contribution >= 4 is 23.4 Å². The molecule has 1 aromatic heterocycles. The van der Waals surface area contributed by atoms with Crippen molar-refractivity contribution in [3.05, 3.63) is 16.4 Å². The van der Waals surface area contributed by atoms with Gasteiger partial charge in [-0.2, -0.15) is 5.10 Å². The Morgan fingerprint density at radius 3 is 2.38 bits per heavy atom. The van der Waals surface area contributed by atoms with E-state index in [4.69, 9.17) is 17.3 Å². The predicted molar refractivity (Wildman–Crippen MR) is 81.9 cm³/mol. The fraction of sp³-hybridized carbons (Fsp3) is 0.643. The fourth-order valence-electron chi connectivity index (χ4n) is 2.34. The smallest absolute Gasteiger partial charge is 0.242 e. The molecule has 0 saturated heterocycles. The Labute approximate surface area is 130 Å². The zero-order chi connectivity index (χ0) is 16.4. The minimum Gasteiger partial charge on any atom is -0.368 e. The molecule has 0 aliphatic heterocycles. The summed E-state index contributed by atoms with van der Waals surface area (Å²) in [4.78, 5) is 23.8. The molecule has 0 aromatic carbocycles. The minimum absolute atomic E-state index is 0.000356. The fourth-order valence-corrected chi connectivity index (χ4v) is 2.48. The van der Waals surface area contributed by atoms with Gasteiger partial charge in [0.25, 0.3) is 0 Å². The number of nitrogens with one attached hydrogen (secondary N) is 1. The van der Waals surface area contributed by atoms with Crippen LogP contribution in [0.4, 0.5) is 0 Å². The lowest BCUT2D eigenvalue weighted by Gasteiger charge is -2.29. The average molecular weight is 315 g/mol. The summed E-state index contributed by atoms with van der Waals surface area (Å²) in [5, 5.41) is 7.45. The molecule has 0 aliphatic rings. The van der Waals surface area contributed by atoms with Gasteiger partial charge in [-0.3, -0.25) is 14.3 Å². The first-order valence-corrected chi connectivity index (χ1v) is 7.25. The quantitative estimate of drug-likeness (QED) is 0.835. The Kier molecular flexibility index (Phi) is 5.39. The molecule has 0 unspecified atom stereocenters. The van der Waals surface area contributed by atoms with Gasteiger partial charge in [-0.05, 0) is 33.1 Å². The first-order valence-electron chi connectivity index (χ1n) is 6.87. The van der Waals surface area contributed by atoms with Crippen LogP contribution in [-0.4, -0.2) is 27.1 Å². The second-order valence-electron chi connectivity index (χ2n) is 5.98. The Morgan fingerprint density at radius 1 is 1.43 bits per heavy atom. The zero-order valence-corrected chi connectivity index (χ0v) is 13.9. The highest BCUT2D eigenvalue weighted by Crippen LogP contribution is 2.19. The van der Waals surface area contributed by atoms with Crippen molar-refractivity contribution in [3.63, 3.8) is 0 Å². The van der Waals surface area contributed by atoms with Gasteiger partial charge in [0, 0.05) is 0 Å². The van der Waals surface area contributed by atoms with Gasteiger partial charge < -0.3 is 11.1 Å². The number of rotatable bonds is 6. The van der Waals surface area contributed by atoms with Crippen molar-refractivity contribution in [1.29, 1.82) is 0 Å². The first-order chi connectivity index (χ1) is 9.56. The monoisotopic (exact) mass is 314 g/mol. The Hall–Kier alpha value is -1.56. The predicted octanol–water partition coefficient (Wildman–Crippen LogP) is 1.56. The van der Waals surface area contributed by atoms with Gasteiger partial charge in [-0.1, -0.05) is 25.4 Å². The molecule has 1 atom stereocenters. The second-order valence-corrected chi connectivity index (χ2v) is 6.36. The van der Waals surface area contributed by atoms with Gasteiger partial charge in [0.15, 0.2) is 0 Å². The SMILES string of the molecule is Cc1nn(CC(=O)N[C@@](C)(CC(C)C)C(N)=O)c(C)c1Cl. The molecule has 0 aliphatic carbocycles. The number of carbonyl (C=O) groups excluding carboxylic acids is 2. The van der Waals surface area contributed by atoms with E-state index >= 15 is 0 Å². The van der Waals surface area contributed by atoms with Crippen LogP contribution < -0.4 is 11.1 Å². The third kappa shape index (κ3) is 4.20. The molecule has 0 bridgehead atoms. The van der Waals surface area contributed by atoms with Crippen LogP contribution in [0.5, 0.6) is 0 Å². The van der Waals surface area contributed by atoms with E-state index in [1.807, 2.05) is 13.8 Å². The lowest BCUT2D eigenvalue weighted by atomic mass is 9.90. The maximum absolute atomic E-state index is 12.2. The van der Waals surface area contributed by atoms with Gasteiger partial charge in [-0.25, -0.2) is 0 Å². The normalized spacial score (nSPS) is 14.0. The molecule has 21 heavy (non-hydrogen) atoms. The van der Waals surface area contributed by atoms with E-state index in [1.165, 1.54) is 4.68 Å². The number of hydrogen-bond donors (Lipinski definition) is 2. The number of halogens is 1. The van der Waals surface area contributed by atoms with Gasteiger partial charge in [-0.15, -0.1) is 0 Å². The average Bonchev–Trinajstić information content (AvgIpc) is 2.55. The van der Waals surface area contributed by atoms with E-state index in [0.29, 0.717) is 22.8 Å². The highest BCUT2D eigenvalue weighted by atomic mass is 35.5. The number of aromatic nitrogens is 2.